The van der Waals surface area contributed by atoms with Gasteiger partial charge in [0.05, 0.1) is 16.7 Å². The maximum absolute atomic E-state index is 13.8. The number of aromatic nitrogens is 2. The van der Waals surface area contributed by atoms with Crippen molar-refractivity contribution in [3.8, 4) is 11.5 Å². The Hall–Kier alpha value is -4.46. The zero-order valence-electron chi connectivity index (χ0n) is 29.5. The lowest BCUT2D eigenvalue weighted by Gasteiger charge is -2.38. The molecule has 2 aliphatic heterocycles. The Labute approximate surface area is 304 Å². The van der Waals surface area contributed by atoms with Crippen LogP contribution in [0.25, 0.3) is 11.0 Å². The number of sulfonamides is 1. The molecule has 12 nitrogen and oxygen atoms in total. The third-order valence-electron chi connectivity index (χ3n) is 11.4. The van der Waals surface area contributed by atoms with Crippen LogP contribution in [0.1, 0.15) is 54.4 Å². The number of carbonyl (C=O) groups is 2. The summed E-state index contributed by atoms with van der Waals surface area (Å²) in [6.45, 7) is 8.45. The molecule has 52 heavy (non-hydrogen) atoms. The first-order chi connectivity index (χ1) is 25.1. The average molecular weight is 727 g/mol. The van der Waals surface area contributed by atoms with Crippen LogP contribution in [0.5, 0.6) is 11.5 Å². The maximum Gasteiger partial charge on any atom is 0.268 e. The highest BCUT2D eigenvalue weighted by Crippen LogP contribution is 2.60. The minimum Gasteiger partial charge on any atom is -0.455 e. The van der Waals surface area contributed by atoms with Gasteiger partial charge in [0, 0.05) is 94.3 Å². The minimum atomic E-state index is -4.20. The molecule has 2 atom stereocenters. The van der Waals surface area contributed by atoms with Crippen molar-refractivity contribution in [2.75, 3.05) is 62.7 Å². The number of ether oxygens (including phenoxy) is 2. The van der Waals surface area contributed by atoms with Crippen LogP contribution in [-0.2, 0) is 19.6 Å². The zero-order chi connectivity index (χ0) is 35.9. The Bertz CT molecular complexity index is 2090. The van der Waals surface area contributed by atoms with Crippen LogP contribution in [0.2, 0.25) is 0 Å². The molecule has 4 aromatic rings. The van der Waals surface area contributed by atoms with Gasteiger partial charge in [-0.1, -0.05) is 0 Å². The Morgan fingerprint density at radius 1 is 1.06 bits per heavy atom. The van der Waals surface area contributed by atoms with Gasteiger partial charge in [-0.15, -0.1) is 0 Å². The molecule has 4 heterocycles. The van der Waals surface area contributed by atoms with Crippen molar-refractivity contribution in [2.24, 2.45) is 17.3 Å². The van der Waals surface area contributed by atoms with Crippen LogP contribution in [0, 0.1) is 24.2 Å². The van der Waals surface area contributed by atoms with E-state index in [0.29, 0.717) is 29.0 Å². The van der Waals surface area contributed by atoms with Gasteiger partial charge in [-0.3, -0.25) is 14.5 Å². The zero-order valence-corrected chi connectivity index (χ0v) is 30.3. The summed E-state index contributed by atoms with van der Waals surface area (Å²) >= 11 is 0. The number of ketones is 1. The number of aryl methyl sites for hydroxylation is 1. The molecule has 4 fully saturated rings. The predicted molar refractivity (Wildman–Crippen MR) is 199 cm³/mol. The van der Waals surface area contributed by atoms with E-state index < -0.39 is 15.9 Å². The van der Waals surface area contributed by atoms with E-state index in [9.17, 15) is 18.0 Å². The van der Waals surface area contributed by atoms with Crippen molar-refractivity contribution in [2.45, 2.75) is 50.3 Å². The molecule has 2 aromatic carbocycles. The number of nitrogens with one attached hydrogen (secondary N) is 3. The molecule has 0 radical (unpaired) electrons. The summed E-state index contributed by atoms with van der Waals surface area (Å²) in [6, 6.07) is 13.8. The minimum absolute atomic E-state index is 0.00341. The third-order valence-corrected chi connectivity index (χ3v) is 12.8. The lowest BCUT2D eigenvalue weighted by atomic mass is 9.87. The van der Waals surface area contributed by atoms with Crippen molar-refractivity contribution in [1.29, 1.82) is 0 Å². The first kappa shape index (κ1) is 34.6. The third kappa shape index (κ3) is 7.39. The highest BCUT2D eigenvalue weighted by molar-refractivity contribution is 7.90. The van der Waals surface area contributed by atoms with Crippen LogP contribution >= 0.6 is 0 Å². The van der Waals surface area contributed by atoms with Gasteiger partial charge in [0.1, 0.15) is 22.9 Å². The van der Waals surface area contributed by atoms with Gasteiger partial charge in [0.2, 0.25) is 0 Å². The van der Waals surface area contributed by atoms with Crippen molar-refractivity contribution in [3.63, 3.8) is 0 Å². The van der Waals surface area contributed by atoms with Crippen molar-refractivity contribution in [1.82, 2.24) is 19.6 Å². The maximum atomic E-state index is 13.8. The van der Waals surface area contributed by atoms with Crippen LogP contribution in [0.4, 0.5) is 11.4 Å². The lowest BCUT2D eigenvalue weighted by Crippen LogP contribution is -2.48. The summed E-state index contributed by atoms with van der Waals surface area (Å²) < 4.78 is 41.1. The molecule has 274 valence electrons. The van der Waals surface area contributed by atoms with Gasteiger partial charge in [0.25, 0.3) is 15.9 Å². The molecule has 1 unspecified atom stereocenters. The molecule has 3 N–H and O–H groups in total. The smallest absolute Gasteiger partial charge is 0.268 e. The van der Waals surface area contributed by atoms with E-state index in [0.717, 1.165) is 107 Å². The second-order valence-electron chi connectivity index (χ2n) is 15.0. The summed E-state index contributed by atoms with van der Waals surface area (Å²) in [5.41, 5.74) is 3.49. The molecular formula is C39H46N6O6S. The molecule has 2 saturated carbocycles. The van der Waals surface area contributed by atoms with E-state index in [2.05, 4.69) is 29.8 Å². The Balaban J connectivity index is 0.981. The number of pyridine rings is 1. The Morgan fingerprint density at radius 3 is 2.69 bits per heavy atom. The molecule has 4 aliphatic rings. The fraction of sp³-hybridized carbons (Fsp3) is 0.462. The average Bonchev–Trinajstić information content (AvgIpc) is 3.63. The summed E-state index contributed by atoms with van der Waals surface area (Å²) in [7, 11) is -4.20. The number of aromatic amines is 1. The summed E-state index contributed by atoms with van der Waals surface area (Å²) in [5.74, 6) is 1.47. The molecule has 2 aromatic heterocycles. The van der Waals surface area contributed by atoms with E-state index in [1.54, 1.807) is 36.7 Å². The van der Waals surface area contributed by atoms with Crippen molar-refractivity contribution >= 4 is 44.1 Å². The number of fused-ring (bicyclic) bond motifs is 2. The largest absolute Gasteiger partial charge is 0.455 e. The van der Waals surface area contributed by atoms with E-state index in [1.807, 2.05) is 25.1 Å². The second-order valence-corrected chi connectivity index (χ2v) is 16.7. The fourth-order valence-corrected chi connectivity index (χ4v) is 9.31. The molecule has 2 saturated heterocycles. The highest BCUT2D eigenvalue weighted by atomic mass is 32.2. The van der Waals surface area contributed by atoms with Crippen molar-refractivity contribution < 1.29 is 27.5 Å². The summed E-state index contributed by atoms with van der Waals surface area (Å²) in [5, 5.41) is 4.29. The number of Topliss-reactive ketones (excluding diaryl/α,β-unsaturated/α-hetero) is 1. The van der Waals surface area contributed by atoms with Gasteiger partial charge < -0.3 is 24.7 Å². The molecule has 8 rings (SSSR count). The highest BCUT2D eigenvalue weighted by Gasteiger charge is 2.57. The van der Waals surface area contributed by atoms with Gasteiger partial charge in [0.15, 0.2) is 0 Å². The monoisotopic (exact) mass is 726 g/mol. The number of nitrogens with zero attached hydrogens (tertiary/aromatic N) is 3. The number of hydrogen-bond donors (Lipinski definition) is 3. The van der Waals surface area contributed by atoms with Crippen LogP contribution < -0.4 is 19.7 Å². The first-order valence-electron chi connectivity index (χ1n) is 18.4. The Kier molecular flexibility index (Phi) is 9.43. The number of hydrogen-bond acceptors (Lipinski definition) is 10. The van der Waals surface area contributed by atoms with E-state index in [-0.39, 0.29) is 21.6 Å². The van der Waals surface area contributed by atoms with Crippen LogP contribution in [0.3, 0.4) is 0 Å². The number of anilines is 2. The fourth-order valence-electron chi connectivity index (χ4n) is 8.26. The first-order valence-corrected chi connectivity index (χ1v) is 19.9. The quantitative estimate of drug-likeness (QED) is 0.181. The molecular weight excluding hydrogens is 681 g/mol. The summed E-state index contributed by atoms with van der Waals surface area (Å²) in [4.78, 5) is 38.2. The lowest BCUT2D eigenvalue weighted by molar-refractivity contribution is -0.122. The van der Waals surface area contributed by atoms with Gasteiger partial charge in [-0.2, -0.15) is 0 Å². The number of rotatable bonds is 11. The van der Waals surface area contributed by atoms with Crippen LogP contribution in [0.15, 0.2) is 65.8 Å². The van der Waals surface area contributed by atoms with E-state index in [1.165, 1.54) is 12.5 Å². The Morgan fingerprint density at radius 2 is 1.88 bits per heavy atom. The topological polar surface area (TPSA) is 146 Å². The number of carbonyl (C=O) groups excluding carboxylic acids is 2. The standard InChI is InChI=1S/C39H46N6O6S/c1-26-18-33(5-7-35(26)41-23-27-9-16-50-17-10-27)52(48,49)43-38(47)34-6-3-30(20-36(34)51-32-19-28-8-11-40-37(28)42-24-32)45-14-12-44(13-15-45)25-39-21-29(39)2-4-31(46)22-39/h3,5-8,11,18-20,24,27,29,41H,2,4,9-10,12-17,21-23,25H2,1H3,(H,40,42)(H,43,47)/t29?,39-/m0/s1. The molecule has 1 amide bonds. The van der Waals surface area contributed by atoms with Gasteiger partial charge in [-0.25, -0.2) is 18.1 Å². The van der Waals surface area contributed by atoms with Gasteiger partial charge in [-0.05, 0) is 97.9 Å². The normalized spacial score (nSPS) is 22.6. The molecule has 13 heteroatoms. The number of amides is 1. The number of H-pyrrole nitrogens is 1. The molecule has 2 aliphatic carbocycles. The molecule has 0 bridgehead atoms. The predicted octanol–water partition coefficient (Wildman–Crippen LogP) is 5.50. The second kappa shape index (κ2) is 14.2. The van der Waals surface area contributed by atoms with E-state index >= 15 is 0 Å². The summed E-state index contributed by atoms with van der Waals surface area (Å²) in [6.07, 6.45) is 9.02. The SMILES string of the molecule is Cc1cc(S(=O)(=O)NC(=O)c2ccc(N3CCN(C[C@]45CC(=O)CCC4C5)CC3)cc2Oc2cnc3[nH]ccc3c2)ccc1NCC1CCOCC1. The van der Waals surface area contributed by atoms with Gasteiger partial charge >= 0.3 is 0 Å². The number of piperazine rings is 1. The van der Waals surface area contributed by atoms with Crippen LogP contribution in [-0.4, -0.2) is 87.5 Å². The molecule has 0 spiro atoms. The number of benzene rings is 2. The van der Waals surface area contributed by atoms with E-state index in [4.69, 9.17) is 9.47 Å². The van der Waals surface area contributed by atoms with Crippen molar-refractivity contribution in [3.05, 3.63) is 72.1 Å².